The zero-order chi connectivity index (χ0) is 17.9. The van der Waals surface area contributed by atoms with E-state index in [4.69, 9.17) is 11.6 Å². The number of halogens is 1. The van der Waals surface area contributed by atoms with E-state index in [0.29, 0.717) is 31.2 Å². The Balaban J connectivity index is 1.62. The standard InChI is InChI=1S/C18H19ClN2O3S/c19-17-9-5-4-6-15(17)14-18(22)20-10-12-21(13-11-20)25(23,24)16-7-2-1-3-8-16/h1-9H,10-14H2. The minimum absolute atomic E-state index is 0.0372. The Kier molecular flexibility index (Phi) is 5.42. The number of sulfonamides is 1. The molecule has 0 spiro atoms. The number of hydrogen-bond donors (Lipinski definition) is 0. The van der Waals surface area contributed by atoms with Gasteiger partial charge in [-0.25, -0.2) is 8.42 Å². The predicted octanol–water partition coefficient (Wildman–Crippen LogP) is 2.42. The van der Waals surface area contributed by atoms with Gasteiger partial charge in [-0.3, -0.25) is 4.79 Å². The topological polar surface area (TPSA) is 57.7 Å². The highest BCUT2D eigenvalue weighted by atomic mass is 35.5. The van der Waals surface area contributed by atoms with Crippen molar-refractivity contribution in [1.82, 2.24) is 9.21 Å². The fourth-order valence-electron chi connectivity index (χ4n) is 2.84. The van der Waals surface area contributed by atoms with E-state index in [1.807, 2.05) is 18.2 Å². The van der Waals surface area contributed by atoms with E-state index in [9.17, 15) is 13.2 Å². The Bertz CT molecular complexity index is 848. The van der Waals surface area contributed by atoms with Crippen LogP contribution < -0.4 is 0 Å². The van der Waals surface area contributed by atoms with Gasteiger partial charge in [0.2, 0.25) is 15.9 Å². The number of carbonyl (C=O) groups is 1. The van der Waals surface area contributed by atoms with Crippen molar-refractivity contribution in [2.45, 2.75) is 11.3 Å². The summed E-state index contributed by atoms with van der Waals surface area (Å²) in [5.74, 6) is -0.0372. The largest absolute Gasteiger partial charge is 0.340 e. The molecule has 0 bridgehead atoms. The summed E-state index contributed by atoms with van der Waals surface area (Å²) in [4.78, 5) is 14.4. The van der Waals surface area contributed by atoms with Crippen LogP contribution in [0, 0.1) is 0 Å². The number of carbonyl (C=O) groups excluding carboxylic acids is 1. The van der Waals surface area contributed by atoms with Gasteiger partial charge in [-0.1, -0.05) is 48.0 Å². The number of piperazine rings is 1. The van der Waals surface area contributed by atoms with Gasteiger partial charge in [0.15, 0.2) is 0 Å². The summed E-state index contributed by atoms with van der Waals surface area (Å²) in [6.45, 7) is 1.36. The minimum Gasteiger partial charge on any atom is -0.340 e. The van der Waals surface area contributed by atoms with Crippen molar-refractivity contribution < 1.29 is 13.2 Å². The van der Waals surface area contributed by atoms with Gasteiger partial charge < -0.3 is 4.90 Å². The Morgan fingerprint density at radius 1 is 0.920 bits per heavy atom. The maximum Gasteiger partial charge on any atom is 0.243 e. The summed E-state index contributed by atoms with van der Waals surface area (Å²) in [6.07, 6.45) is 0.227. The Hall–Kier alpha value is -1.89. The molecule has 25 heavy (non-hydrogen) atoms. The smallest absolute Gasteiger partial charge is 0.243 e. The summed E-state index contributed by atoms with van der Waals surface area (Å²) in [5, 5.41) is 0.571. The van der Waals surface area contributed by atoms with Gasteiger partial charge in [0.05, 0.1) is 11.3 Å². The quantitative estimate of drug-likeness (QED) is 0.821. The van der Waals surface area contributed by atoms with Crippen LogP contribution in [0.3, 0.4) is 0 Å². The highest BCUT2D eigenvalue weighted by Gasteiger charge is 2.29. The van der Waals surface area contributed by atoms with Crippen molar-refractivity contribution in [2.24, 2.45) is 0 Å². The lowest BCUT2D eigenvalue weighted by molar-refractivity contribution is -0.131. The van der Waals surface area contributed by atoms with Crippen LogP contribution in [0.5, 0.6) is 0 Å². The maximum absolute atomic E-state index is 12.6. The zero-order valence-electron chi connectivity index (χ0n) is 13.6. The number of hydrogen-bond acceptors (Lipinski definition) is 3. The highest BCUT2D eigenvalue weighted by Crippen LogP contribution is 2.19. The predicted molar refractivity (Wildman–Crippen MR) is 96.9 cm³/mol. The monoisotopic (exact) mass is 378 g/mol. The van der Waals surface area contributed by atoms with Crippen LogP contribution in [-0.4, -0.2) is 49.7 Å². The molecule has 0 radical (unpaired) electrons. The van der Waals surface area contributed by atoms with E-state index in [1.54, 1.807) is 41.3 Å². The van der Waals surface area contributed by atoms with E-state index in [1.165, 1.54) is 4.31 Å². The Morgan fingerprint density at radius 3 is 2.16 bits per heavy atom. The molecule has 0 aromatic heterocycles. The molecule has 5 nitrogen and oxygen atoms in total. The highest BCUT2D eigenvalue weighted by molar-refractivity contribution is 7.89. The number of rotatable bonds is 4. The molecule has 1 fully saturated rings. The molecule has 0 atom stereocenters. The van der Waals surface area contributed by atoms with Gasteiger partial charge in [0.1, 0.15) is 0 Å². The molecule has 1 amide bonds. The first-order valence-corrected chi connectivity index (χ1v) is 9.86. The third-order valence-corrected chi connectivity index (χ3v) is 6.55. The van der Waals surface area contributed by atoms with Crippen LogP contribution in [0.25, 0.3) is 0 Å². The van der Waals surface area contributed by atoms with Crippen LogP contribution in [-0.2, 0) is 21.2 Å². The molecule has 1 heterocycles. The molecule has 2 aromatic rings. The van der Waals surface area contributed by atoms with E-state index in [-0.39, 0.29) is 17.2 Å². The molecular weight excluding hydrogens is 360 g/mol. The summed E-state index contributed by atoms with van der Waals surface area (Å²) >= 11 is 6.10. The lowest BCUT2D eigenvalue weighted by atomic mass is 10.1. The van der Waals surface area contributed by atoms with Crippen molar-refractivity contribution >= 4 is 27.5 Å². The lowest BCUT2D eigenvalue weighted by Crippen LogP contribution is -2.50. The first kappa shape index (κ1) is 17.9. The number of nitrogens with zero attached hydrogens (tertiary/aromatic N) is 2. The van der Waals surface area contributed by atoms with Crippen LogP contribution in [0.4, 0.5) is 0 Å². The molecule has 1 aliphatic heterocycles. The number of amides is 1. The van der Waals surface area contributed by atoms with Crippen molar-refractivity contribution in [3.8, 4) is 0 Å². The first-order valence-electron chi connectivity index (χ1n) is 8.05. The average molecular weight is 379 g/mol. The fraction of sp³-hybridized carbons (Fsp3) is 0.278. The molecule has 0 unspecified atom stereocenters. The van der Waals surface area contributed by atoms with E-state index in [2.05, 4.69) is 0 Å². The van der Waals surface area contributed by atoms with Crippen molar-refractivity contribution in [3.05, 3.63) is 65.2 Å². The molecule has 1 saturated heterocycles. The molecule has 0 aliphatic carbocycles. The Labute approximate surface area is 152 Å². The van der Waals surface area contributed by atoms with Crippen molar-refractivity contribution in [3.63, 3.8) is 0 Å². The first-order chi connectivity index (χ1) is 12.0. The summed E-state index contributed by atoms with van der Waals surface area (Å²) < 4.78 is 26.6. The summed E-state index contributed by atoms with van der Waals surface area (Å²) in [6, 6.07) is 15.6. The normalized spacial score (nSPS) is 16.0. The summed E-state index contributed by atoms with van der Waals surface area (Å²) in [5.41, 5.74) is 0.786. The second kappa shape index (κ2) is 7.56. The fourth-order valence-corrected chi connectivity index (χ4v) is 4.48. The molecule has 132 valence electrons. The molecular formula is C18H19ClN2O3S. The van der Waals surface area contributed by atoms with E-state index in [0.717, 1.165) is 5.56 Å². The lowest BCUT2D eigenvalue weighted by Gasteiger charge is -2.34. The van der Waals surface area contributed by atoms with E-state index >= 15 is 0 Å². The van der Waals surface area contributed by atoms with Gasteiger partial charge >= 0.3 is 0 Å². The second-order valence-electron chi connectivity index (χ2n) is 5.87. The van der Waals surface area contributed by atoms with Gasteiger partial charge in [-0.15, -0.1) is 0 Å². The van der Waals surface area contributed by atoms with Crippen LogP contribution >= 0.6 is 11.6 Å². The van der Waals surface area contributed by atoms with Crippen LogP contribution in [0.15, 0.2) is 59.5 Å². The molecule has 3 rings (SSSR count). The third-order valence-electron chi connectivity index (χ3n) is 4.27. The van der Waals surface area contributed by atoms with Crippen LogP contribution in [0.2, 0.25) is 5.02 Å². The van der Waals surface area contributed by atoms with Crippen molar-refractivity contribution in [1.29, 1.82) is 0 Å². The van der Waals surface area contributed by atoms with Crippen molar-refractivity contribution in [2.75, 3.05) is 26.2 Å². The SMILES string of the molecule is O=C(Cc1ccccc1Cl)N1CCN(S(=O)(=O)c2ccccc2)CC1. The van der Waals surface area contributed by atoms with Gasteiger partial charge in [-0.2, -0.15) is 4.31 Å². The molecule has 1 aliphatic rings. The average Bonchev–Trinajstić information content (AvgIpc) is 2.64. The minimum atomic E-state index is -3.50. The maximum atomic E-state index is 12.6. The number of benzene rings is 2. The Morgan fingerprint density at radius 2 is 1.52 bits per heavy atom. The molecule has 0 saturated carbocycles. The van der Waals surface area contributed by atoms with E-state index < -0.39 is 10.0 Å². The van der Waals surface area contributed by atoms with Gasteiger partial charge in [-0.05, 0) is 23.8 Å². The molecule has 0 N–H and O–H groups in total. The third kappa shape index (κ3) is 4.03. The molecule has 7 heteroatoms. The zero-order valence-corrected chi connectivity index (χ0v) is 15.2. The van der Waals surface area contributed by atoms with Crippen LogP contribution in [0.1, 0.15) is 5.56 Å². The molecule has 2 aromatic carbocycles. The van der Waals surface area contributed by atoms with Gasteiger partial charge in [0.25, 0.3) is 0 Å². The second-order valence-corrected chi connectivity index (χ2v) is 8.21. The van der Waals surface area contributed by atoms with Gasteiger partial charge in [0, 0.05) is 31.2 Å². The summed E-state index contributed by atoms with van der Waals surface area (Å²) in [7, 11) is -3.50.